The topological polar surface area (TPSA) is 134 Å². The average molecular weight is 767 g/mol. The van der Waals surface area contributed by atoms with Crippen LogP contribution in [0.15, 0.2) is 42.5 Å². The fraction of sp³-hybridized carbons (Fsp3) is 0.628. The Labute approximate surface area is 334 Å². The van der Waals surface area contributed by atoms with Crippen molar-refractivity contribution in [1.29, 1.82) is 0 Å². The first-order valence-corrected chi connectivity index (χ1v) is 21.8. The molecule has 0 saturated carbocycles. The van der Waals surface area contributed by atoms with Crippen molar-refractivity contribution in [3.8, 4) is 0 Å². The number of rotatable bonds is 19. The minimum absolute atomic E-state index is 0.0118. The van der Waals surface area contributed by atoms with Crippen LogP contribution in [0.2, 0.25) is 5.79 Å². The molecular weight excluding hydrogens is 693 g/mol. The van der Waals surface area contributed by atoms with E-state index in [0.717, 1.165) is 22.0 Å². The van der Waals surface area contributed by atoms with Gasteiger partial charge in [0.1, 0.15) is 6.04 Å². The van der Waals surface area contributed by atoms with Gasteiger partial charge in [-0.1, -0.05) is 103 Å². The van der Waals surface area contributed by atoms with Crippen LogP contribution >= 0.6 is 0 Å². The second-order valence-corrected chi connectivity index (χ2v) is 16.3. The zero-order valence-electron chi connectivity index (χ0n) is 36.2. The fourth-order valence-corrected chi connectivity index (χ4v) is 6.28. The van der Waals surface area contributed by atoms with Crippen LogP contribution in [0.4, 0.5) is 5.69 Å². The Morgan fingerprint density at radius 3 is 2.02 bits per heavy atom. The number of carbonyl (C=O) groups is 4. The fourth-order valence-electron chi connectivity index (χ4n) is 5.44. The van der Waals surface area contributed by atoms with Crippen molar-refractivity contribution in [3.63, 3.8) is 0 Å². The first-order chi connectivity index (χ1) is 25.4. The molecule has 4 N–H and O–H groups in total. The zero-order valence-corrected chi connectivity index (χ0v) is 37.3. The van der Waals surface area contributed by atoms with E-state index in [4.69, 9.17) is 10.5 Å². The molecule has 54 heavy (non-hydrogen) atoms. The van der Waals surface area contributed by atoms with Crippen LogP contribution < -0.4 is 21.3 Å². The monoisotopic (exact) mass is 767 g/mol. The number of ether oxygens (including phenoxy) is 1. The van der Waals surface area contributed by atoms with E-state index in [9.17, 15) is 19.2 Å². The van der Waals surface area contributed by atoms with Crippen molar-refractivity contribution in [2.24, 2.45) is 11.1 Å². The van der Waals surface area contributed by atoms with E-state index < -0.39 is 23.0 Å². The third kappa shape index (κ3) is 17.9. The third-order valence-corrected chi connectivity index (χ3v) is 9.61. The van der Waals surface area contributed by atoms with Crippen LogP contribution in [0.1, 0.15) is 124 Å². The maximum absolute atomic E-state index is 13.6. The van der Waals surface area contributed by atoms with Crippen LogP contribution in [-0.2, 0) is 42.2 Å². The quantitative estimate of drug-likeness (QED) is 0.134. The molecule has 1 atom stereocenters. The van der Waals surface area contributed by atoms with Gasteiger partial charge in [-0.25, -0.2) is 0 Å². The van der Waals surface area contributed by atoms with E-state index in [0.29, 0.717) is 44.3 Å². The summed E-state index contributed by atoms with van der Waals surface area (Å²) in [6.07, 6.45) is 1.98. The van der Waals surface area contributed by atoms with Crippen molar-refractivity contribution in [2.45, 2.75) is 138 Å². The van der Waals surface area contributed by atoms with E-state index in [1.54, 1.807) is 16.7 Å². The second-order valence-electron chi connectivity index (χ2n) is 15.1. The molecule has 2 rings (SSSR count). The van der Waals surface area contributed by atoms with E-state index in [-0.39, 0.29) is 45.9 Å². The summed E-state index contributed by atoms with van der Waals surface area (Å²) in [7, 11) is 1.81. The Balaban J connectivity index is 0.00000533. The Morgan fingerprint density at radius 1 is 0.907 bits per heavy atom. The van der Waals surface area contributed by atoms with Crippen LogP contribution in [0.5, 0.6) is 0 Å². The second kappa shape index (κ2) is 25.8. The smallest absolute Gasteiger partial charge is 0.249 e. The number of nitrogens with zero attached hydrogens (tertiary/aromatic N) is 2. The Hall–Kier alpha value is -3.23. The predicted octanol–water partition coefficient (Wildman–Crippen LogP) is 6.85. The summed E-state index contributed by atoms with van der Waals surface area (Å²) in [4.78, 5) is 55.7. The summed E-state index contributed by atoms with van der Waals surface area (Å²) in [5.41, 5.74) is 9.62. The molecule has 303 valence electrons. The number of benzene rings is 2. The summed E-state index contributed by atoms with van der Waals surface area (Å²) in [5, 5.41) is 6.31. The van der Waals surface area contributed by atoms with Gasteiger partial charge < -0.3 is 30.9 Å². The maximum Gasteiger partial charge on any atom is 0.249 e. The molecular formula is C43H73AlN5O5. The van der Waals surface area contributed by atoms with Gasteiger partial charge in [0.25, 0.3) is 0 Å². The highest BCUT2D eigenvalue weighted by Crippen LogP contribution is 2.27. The van der Waals surface area contributed by atoms with E-state index in [1.807, 2.05) is 98.0 Å². The first kappa shape index (κ1) is 50.8. The largest absolute Gasteiger partial charge is 0.374 e. The highest BCUT2D eigenvalue weighted by atomic mass is 27.1. The van der Waals surface area contributed by atoms with Gasteiger partial charge >= 0.3 is 0 Å². The normalized spacial score (nSPS) is 11.6. The molecule has 0 spiro atoms. The van der Waals surface area contributed by atoms with Gasteiger partial charge in [0.2, 0.25) is 38.8 Å². The molecule has 11 heteroatoms. The molecule has 0 aliphatic carbocycles. The summed E-state index contributed by atoms with van der Waals surface area (Å²) in [6.45, 7) is 25.1. The van der Waals surface area contributed by atoms with Gasteiger partial charge in [-0.3, -0.25) is 19.2 Å². The lowest BCUT2D eigenvalue weighted by Crippen LogP contribution is -2.49. The van der Waals surface area contributed by atoms with Gasteiger partial charge in [0, 0.05) is 44.4 Å². The highest BCUT2D eigenvalue weighted by molar-refractivity contribution is 6.33. The van der Waals surface area contributed by atoms with Crippen molar-refractivity contribution < 1.29 is 23.9 Å². The lowest BCUT2D eigenvalue weighted by atomic mass is 9.87. The number of nitrogens with two attached hydrogens (primary N) is 1. The minimum Gasteiger partial charge on any atom is -0.374 e. The molecule has 4 amide bonds. The number of carbonyl (C=O) groups excluding carboxylic acids is 4. The molecule has 0 aliphatic heterocycles. The summed E-state index contributed by atoms with van der Waals surface area (Å²) in [6, 6.07) is 13.0. The Bertz CT molecular complexity index is 1430. The molecule has 0 heterocycles. The van der Waals surface area contributed by atoms with Crippen molar-refractivity contribution in [3.05, 3.63) is 64.7 Å². The van der Waals surface area contributed by atoms with Crippen molar-refractivity contribution in [1.82, 2.24) is 15.5 Å². The molecule has 2 aromatic rings. The predicted molar refractivity (Wildman–Crippen MR) is 226 cm³/mol. The van der Waals surface area contributed by atoms with Crippen molar-refractivity contribution >= 4 is 44.5 Å². The number of anilines is 1. The average Bonchev–Trinajstić information content (AvgIpc) is 3.12. The molecule has 0 fully saturated rings. The molecule has 0 aromatic heterocycles. The van der Waals surface area contributed by atoms with Gasteiger partial charge in [0.05, 0.1) is 18.6 Å². The minimum atomic E-state index is -0.812. The van der Waals surface area contributed by atoms with Crippen LogP contribution in [-0.4, -0.2) is 88.7 Å². The van der Waals surface area contributed by atoms with E-state index >= 15 is 0 Å². The first-order valence-electron chi connectivity index (χ1n) is 19.8. The number of nitrogens with one attached hydrogen (secondary N) is 2. The lowest BCUT2D eigenvalue weighted by molar-refractivity contribution is -0.141. The molecule has 0 aliphatic rings. The van der Waals surface area contributed by atoms with E-state index in [2.05, 4.69) is 44.1 Å². The molecule has 10 nitrogen and oxygen atoms in total. The number of hydrogen-bond donors (Lipinski definition) is 3. The molecule has 0 bridgehead atoms. The van der Waals surface area contributed by atoms with Crippen LogP contribution in [0.25, 0.3) is 0 Å². The van der Waals surface area contributed by atoms with Crippen LogP contribution in [0, 0.1) is 5.41 Å². The summed E-state index contributed by atoms with van der Waals surface area (Å²) >= 11 is 0.186. The van der Waals surface area contributed by atoms with Crippen molar-refractivity contribution in [2.75, 3.05) is 38.2 Å². The third-order valence-electron chi connectivity index (χ3n) is 8.76. The standard InChI is InChI=1S/C37H56N5O5.C3H8.C2H6.CH3.Al/c1-11-42(34(45)27(5)40-33(44)22-39-32(43)20-28-13-15-29(16-14-28)25(2)3)31-17-12-26(4)30(21-31)23-41(10)35(46)36(6,7)18-19-47-37(8,9)24-38;1-3-2;1-2;;/h12-17,21,25,27H,4,11,18-20,22-24,38H2,1-3,5-10H3,(H,39,43)(H,40,44);3H2,1-2H3;1-2H3;1H3;. The molecule has 0 saturated heterocycles. The Morgan fingerprint density at radius 2 is 1.50 bits per heavy atom. The SMILES string of the molecule is CC.CCC.CCN(C(=O)C(C)NC(=O)CNC(=O)Cc1ccc(C(C)C)cc1)c1ccc([CH2][Al][CH3])c(CN(C)C(=O)C(C)(C)CCOC(C)(C)CN)c1. The van der Waals surface area contributed by atoms with Gasteiger partial charge in [-0.2, -0.15) is 0 Å². The summed E-state index contributed by atoms with van der Waals surface area (Å²) in [5.74, 6) is 1.64. The number of hydrogen-bond acceptors (Lipinski definition) is 6. The maximum atomic E-state index is 13.6. The molecule has 1 radical (unpaired) electrons. The van der Waals surface area contributed by atoms with Gasteiger partial charge in [-0.05, 0) is 68.9 Å². The summed E-state index contributed by atoms with van der Waals surface area (Å²) < 4.78 is 5.91. The highest BCUT2D eigenvalue weighted by Gasteiger charge is 2.32. The molecule has 1 unspecified atom stereocenters. The number of likely N-dealkylation sites (N-methyl/N-ethyl adjacent to an activating group) is 1. The van der Waals surface area contributed by atoms with Gasteiger partial charge in [-0.15, -0.1) is 5.79 Å². The van der Waals surface area contributed by atoms with Gasteiger partial charge in [0.15, 0.2) is 0 Å². The zero-order chi connectivity index (χ0) is 41.6. The van der Waals surface area contributed by atoms with Crippen LogP contribution in [0.3, 0.4) is 0 Å². The number of amides is 4. The lowest BCUT2D eigenvalue weighted by Gasteiger charge is -2.32. The Kier molecular flexibility index (Phi) is 24.2. The molecule has 2 aromatic carbocycles. The van der Waals surface area contributed by atoms with E-state index in [1.165, 1.54) is 12.0 Å².